The molecule has 1 aromatic rings. The van der Waals surface area contributed by atoms with Gasteiger partial charge in [0.15, 0.2) is 5.96 Å². The molecule has 0 unspecified atom stereocenters. The Labute approximate surface area is 303 Å². The van der Waals surface area contributed by atoms with Crippen LogP contribution >= 0.6 is 0 Å². The van der Waals surface area contributed by atoms with Crippen molar-refractivity contribution in [2.45, 2.75) is 108 Å². The minimum absolute atomic E-state index is 0.0201. The van der Waals surface area contributed by atoms with Crippen LogP contribution in [0.2, 0.25) is 0 Å². The van der Waals surface area contributed by atoms with Gasteiger partial charge < -0.3 is 48.3 Å². The fourth-order valence-corrected chi connectivity index (χ4v) is 5.91. The summed E-state index contributed by atoms with van der Waals surface area (Å²) in [5.74, 6) is -2.46. The van der Waals surface area contributed by atoms with Crippen molar-refractivity contribution in [2.75, 3.05) is 40.8 Å². The number of benzene rings is 1. The lowest BCUT2D eigenvalue weighted by atomic mass is 10.0. The molecule has 5 atom stereocenters. The average molecular weight is 716 g/mol. The smallest absolute Gasteiger partial charge is 0.243 e. The van der Waals surface area contributed by atoms with Crippen molar-refractivity contribution >= 4 is 35.5 Å². The maximum Gasteiger partial charge on any atom is 0.243 e. The van der Waals surface area contributed by atoms with Gasteiger partial charge in [0.1, 0.15) is 24.2 Å². The number of hydrogen-bond donors (Lipinski definition) is 8. The van der Waals surface area contributed by atoms with Gasteiger partial charge >= 0.3 is 0 Å². The van der Waals surface area contributed by atoms with Crippen molar-refractivity contribution in [3.63, 3.8) is 0 Å². The maximum atomic E-state index is 14.1. The van der Waals surface area contributed by atoms with E-state index in [1.165, 1.54) is 0 Å². The SMILES string of the molecule is CC(C)C[C@H](NC(=O)[C@H](Cc1ccccc1)NC(=O)[C@H](CCCC[N+](C)(C)C)NC(=O)[C@H](CCCCN=C(N)N)NC(=O)[C@@H]1CCCN1)C(N)=O. The van der Waals surface area contributed by atoms with E-state index in [-0.39, 0.29) is 24.2 Å². The fraction of sp³-hybridized carbons (Fsp3) is 0.667. The Kier molecular flexibility index (Phi) is 18.4. The van der Waals surface area contributed by atoms with Crippen molar-refractivity contribution in [3.05, 3.63) is 35.9 Å². The number of nitrogens with one attached hydrogen (secondary N) is 5. The van der Waals surface area contributed by atoms with E-state index in [4.69, 9.17) is 17.2 Å². The Morgan fingerprint density at radius 2 is 1.37 bits per heavy atom. The number of guanidine groups is 1. The lowest BCUT2D eigenvalue weighted by molar-refractivity contribution is -0.870. The molecule has 2 rings (SSSR count). The first-order chi connectivity index (χ1) is 24.1. The molecule has 11 N–H and O–H groups in total. The van der Waals surface area contributed by atoms with Crippen molar-refractivity contribution in [3.8, 4) is 0 Å². The minimum Gasteiger partial charge on any atom is -0.370 e. The van der Waals surface area contributed by atoms with Crippen molar-refractivity contribution in [1.29, 1.82) is 0 Å². The second-order valence-electron chi connectivity index (χ2n) is 14.9. The van der Waals surface area contributed by atoms with Gasteiger partial charge in [0.05, 0.1) is 33.7 Å². The lowest BCUT2D eigenvalue weighted by Gasteiger charge is -2.27. The van der Waals surface area contributed by atoms with E-state index in [2.05, 4.69) is 52.7 Å². The van der Waals surface area contributed by atoms with Crippen LogP contribution in [0.1, 0.15) is 77.2 Å². The van der Waals surface area contributed by atoms with Crippen LogP contribution in [0.15, 0.2) is 35.3 Å². The molecule has 1 heterocycles. The zero-order valence-corrected chi connectivity index (χ0v) is 31.2. The highest BCUT2D eigenvalue weighted by Crippen LogP contribution is 2.12. The Hall–Kier alpha value is -4.24. The predicted octanol–water partition coefficient (Wildman–Crippen LogP) is -0.228. The zero-order valence-electron chi connectivity index (χ0n) is 31.2. The molecule has 0 aliphatic carbocycles. The Bertz CT molecular complexity index is 1290. The molecule has 0 aromatic heterocycles. The molecule has 0 radical (unpaired) electrons. The van der Waals surface area contributed by atoms with Gasteiger partial charge in [-0.3, -0.25) is 29.0 Å². The van der Waals surface area contributed by atoms with Crippen molar-refractivity contribution < 1.29 is 28.5 Å². The number of unbranched alkanes of at least 4 members (excludes halogenated alkanes) is 2. The summed E-state index contributed by atoms with van der Waals surface area (Å²) in [7, 11) is 6.24. The molecule has 0 bridgehead atoms. The number of primary amides is 1. The number of aliphatic imine (C=N–C) groups is 1. The number of carbonyl (C=O) groups is 5. The van der Waals surface area contributed by atoms with Crippen LogP contribution in [0.4, 0.5) is 0 Å². The van der Waals surface area contributed by atoms with Gasteiger partial charge in [-0.1, -0.05) is 44.2 Å². The Balaban J connectivity index is 2.32. The summed E-state index contributed by atoms with van der Waals surface area (Å²) in [4.78, 5) is 70.9. The highest BCUT2D eigenvalue weighted by atomic mass is 16.2. The molecule has 15 heteroatoms. The van der Waals surface area contributed by atoms with E-state index >= 15 is 0 Å². The summed E-state index contributed by atoms with van der Waals surface area (Å²) in [6.07, 6.45) is 5.20. The third-order valence-corrected chi connectivity index (χ3v) is 8.69. The molecule has 1 aliphatic rings. The summed E-state index contributed by atoms with van der Waals surface area (Å²) in [5.41, 5.74) is 17.3. The molecular weight excluding hydrogens is 652 g/mol. The molecular formula is C36H63N10O5+. The largest absolute Gasteiger partial charge is 0.370 e. The van der Waals surface area contributed by atoms with Crippen LogP contribution in [0.3, 0.4) is 0 Å². The molecule has 5 amide bonds. The number of rotatable bonds is 23. The highest BCUT2D eigenvalue weighted by Gasteiger charge is 2.32. The van der Waals surface area contributed by atoms with E-state index in [0.717, 1.165) is 36.0 Å². The van der Waals surface area contributed by atoms with Crippen LogP contribution in [0.5, 0.6) is 0 Å². The van der Waals surface area contributed by atoms with E-state index < -0.39 is 53.8 Å². The Morgan fingerprint density at radius 3 is 1.92 bits per heavy atom. The first kappa shape index (κ1) is 42.9. The molecule has 0 saturated carbocycles. The third kappa shape index (κ3) is 17.5. The van der Waals surface area contributed by atoms with Gasteiger partial charge in [0.2, 0.25) is 29.5 Å². The van der Waals surface area contributed by atoms with E-state index in [9.17, 15) is 24.0 Å². The summed E-state index contributed by atoms with van der Waals surface area (Å²) in [5, 5.41) is 14.5. The molecule has 1 saturated heterocycles. The molecule has 1 aromatic carbocycles. The maximum absolute atomic E-state index is 14.1. The van der Waals surface area contributed by atoms with E-state index in [0.29, 0.717) is 51.5 Å². The normalized spacial score (nSPS) is 16.7. The van der Waals surface area contributed by atoms with Crippen LogP contribution in [0.25, 0.3) is 0 Å². The first-order valence-corrected chi connectivity index (χ1v) is 18.2. The van der Waals surface area contributed by atoms with Crippen molar-refractivity contribution in [2.24, 2.45) is 28.1 Å². The third-order valence-electron chi connectivity index (χ3n) is 8.69. The minimum atomic E-state index is -1.06. The first-order valence-electron chi connectivity index (χ1n) is 18.2. The average Bonchev–Trinajstić information content (AvgIpc) is 3.60. The lowest BCUT2D eigenvalue weighted by Crippen LogP contribution is -2.59. The van der Waals surface area contributed by atoms with E-state index in [1.807, 2.05) is 44.2 Å². The van der Waals surface area contributed by atoms with Gasteiger partial charge in [0, 0.05) is 13.0 Å². The van der Waals surface area contributed by atoms with Crippen LogP contribution < -0.4 is 43.8 Å². The van der Waals surface area contributed by atoms with Crippen molar-refractivity contribution in [1.82, 2.24) is 26.6 Å². The highest BCUT2D eigenvalue weighted by molar-refractivity contribution is 5.95. The summed E-state index contributed by atoms with van der Waals surface area (Å²) < 4.78 is 0.739. The topological polar surface area (TPSA) is 236 Å². The Morgan fingerprint density at radius 1 is 0.804 bits per heavy atom. The van der Waals surface area contributed by atoms with Crippen LogP contribution in [-0.2, 0) is 30.4 Å². The molecule has 15 nitrogen and oxygen atoms in total. The number of carbonyl (C=O) groups excluding carboxylic acids is 5. The molecule has 0 spiro atoms. The van der Waals surface area contributed by atoms with Gasteiger partial charge in [-0.25, -0.2) is 0 Å². The molecule has 1 fully saturated rings. The van der Waals surface area contributed by atoms with Crippen LogP contribution in [0, 0.1) is 5.92 Å². The monoisotopic (exact) mass is 715 g/mol. The van der Waals surface area contributed by atoms with Crippen LogP contribution in [-0.4, -0.2) is 111 Å². The van der Waals surface area contributed by atoms with Gasteiger partial charge in [0.25, 0.3) is 0 Å². The fourth-order valence-electron chi connectivity index (χ4n) is 5.91. The van der Waals surface area contributed by atoms with E-state index in [1.54, 1.807) is 0 Å². The summed E-state index contributed by atoms with van der Waals surface area (Å²) >= 11 is 0. The van der Waals surface area contributed by atoms with Gasteiger partial charge in [-0.2, -0.15) is 0 Å². The van der Waals surface area contributed by atoms with Gasteiger partial charge in [-0.05, 0) is 75.8 Å². The standard InChI is InChI=1S/C36H62N10O5/c1-24(2)22-29(31(37)47)44-35(51)30(23-25-14-7-6-8-15-25)45-34(50)28(17-10-12-21-46(3,4)5)43-33(49)27(16-9-11-19-41-36(38)39)42-32(48)26-18-13-20-40-26/h6-8,14-15,24,26-30,40H,9-13,16-23H2,1-5H3,(H9-,37,38,39,41,42,43,44,45,47,48,49,50,51)/p+1/t26-,27-,28-,29-,30-/m0/s1. The molecule has 1 aliphatic heterocycles. The molecule has 51 heavy (non-hydrogen) atoms. The molecule has 286 valence electrons. The quantitative estimate of drug-likeness (QED) is 0.0325. The number of quaternary nitrogens is 1. The number of nitrogens with zero attached hydrogens (tertiary/aromatic N) is 2. The zero-order chi connectivity index (χ0) is 38.0. The number of amides is 5. The van der Waals surface area contributed by atoms with Gasteiger partial charge in [-0.15, -0.1) is 0 Å². The number of nitrogens with two attached hydrogens (primary N) is 3. The summed E-state index contributed by atoms with van der Waals surface area (Å²) in [6, 6.07) is 4.94. The number of hydrogen-bond acceptors (Lipinski definition) is 7. The summed E-state index contributed by atoms with van der Waals surface area (Å²) in [6.45, 7) is 5.79. The second kappa shape index (κ2) is 21.9. The second-order valence-corrected chi connectivity index (χ2v) is 14.9. The predicted molar refractivity (Wildman–Crippen MR) is 199 cm³/mol.